The molecule has 5 heteroatoms. The first-order valence-corrected chi connectivity index (χ1v) is 4.40. The Morgan fingerprint density at radius 2 is 2.08 bits per heavy atom. The maximum absolute atomic E-state index is 11.1. The molecule has 0 rings (SSSR count). The maximum Gasteiger partial charge on any atom is 0.239 e. The fourth-order valence-corrected chi connectivity index (χ4v) is 0.903. The molecule has 76 valence electrons. The first-order valence-electron chi connectivity index (χ1n) is 4.40. The Bertz CT molecular complexity index is 182. The van der Waals surface area contributed by atoms with Crippen molar-refractivity contribution in [2.45, 2.75) is 32.2 Å². The minimum Gasteiger partial charge on any atom is -0.368 e. The highest BCUT2D eigenvalue weighted by Crippen LogP contribution is 1.92. The van der Waals surface area contributed by atoms with Gasteiger partial charge in [0.1, 0.15) is 6.04 Å². The van der Waals surface area contributed by atoms with Crippen LogP contribution in [0, 0.1) is 0 Å². The Kier molecular flexibility index (Phi) is 5.88. The van der Waals surface area contributed by atoms with Crippen molar-refractivity contribution in [3.05, 3.63) is 0 Å². The smallest absolute Gasteiger partial charge is 0.239 e. The lowest BCUT2D eigenvalue weighted by atomic mass is 10.2. The molecule has 0 saturated heterocycles. The molecular weight excluding hydrogens is 170 g/mol. The summed E-state index contributed by atoms with van der Waals surface area (Å²) in [7, 11) is 0. The van der Waals surface area contributed by atoms with Crippen molar-refractivity contribution in [3.8, 4) is 0 Å². The molecule has 0 aromatic heterocycles. The molecule has 5 nitrogen and oxygen atoms in total. The van der Waals surface area contributed by atoms with Crippen LogP contribution in [0.2, 0.25) is 0 Å². The van der Waals surface area contributed by atoms with Crippen LogP contribution in [0.1, 0.15) is 26.2 Å². The fourth-order valence-electron chi connectivity index (χ4n) is 0.903. The number of hydrogen-bond donors (Lipinski definition) is 3. The van der Waals surface area contributed by atoms with Gasteiger partial charge in [0, 0.05) is 6.42 Å². The van der Waals surface area contributed by atoms with Crippen LogP contribution in [0.4, 0.5) is 0 Å². The van der Waals surface area contributed by atoms with Crippen molar-refractivity contribution in [1.82, 2.24) is 5.32 Å². The van der Waals surface area contributed by atoms with Gasteiger partial charge in [-0.15, -0.1) is 0 Å². The van der Waals surface area contributed by atoms with Crippen molar-refractivity contribution in [1.29, 1.82) is 0 Å². The second-order valence-electron chi connectivity index (χ2n) is 2.82. The first kappa shape index (κ1) is 11.9. The number of nitrogens with one attached hydrogen (secondary N) is 1. The second kappa shape index (κ2) is 6.42. The van der Waals surface area contributed by atoms with Crippen LogP contribution < -0.4 is 16.8 Å². The Morgan fingerprint density at radius 3 is 2.46 bits per heavy atom. The van der Waals surface area contributed by atoms with Gasteiger partial charge in [-0.25, -0.2) is 0 Å². The summed E-state index contributed by atoms with van der Waals surface area (Å²) in [6.07, 6.45) is 1.49. The molecular formula is C8H17N3O2. The number of hydrogen-bond acceptors (Lipinski definition) is 3. The zero-order valence-corrected chi connectivity index (χ0v) is 7.88. The van der Waals surface area contributed by atoms with Crippen LogP contribution in [-0.2, 0) is 9.59 Å². The molecule has 1 atom stereocenters. The zero-order valence-electron chi connectivity index (χ0n) is 7.88. The lowest BCUT2D eigenvalue weighted by molar-refractivity contribution is -0.127. The Hall–Kier alpha value is -1.10. The minimum absolute atomic E-state index is 0.170. The van der Waals surface area contributed by atoms with E-state index in [1.54, 1.807) is 6.92 Å². The third-order valence-corrected chi connectivity index (χ3v) is 1.69. The van der Waals surface area contributed by atoms with E-state index in [1.165, 1.54) is 0 Å². The van der Waals surface area contributed by atoms with Crippen molar-refractivity contribution in [2.24, 2.45) is 11.5 Å². The summed E-state index contributed by atoms with van der Waals surface area (Å²) >= 11 is 0. The van der Waals surface area contributed by atoms with Gasteiger partial charge >= 0.3 is 0 Å². The lowest BCUT2D eigenvalue weighted by Crippen LogP contribution is -2.43. The van der Waals surface area contributed by atoms with E-state index in [-0.39, 0.29) is 5.91 Å². The molecule has 0 heterocycles. The Labute approximate surface area is 77.8 Å². The molecule has 0 fully saturated rings. The second-order valence-corrected chi connectivity index (χ2v) is 2.82. The minimum atomic E-state index is -0.551. The molecule has 2 amide bonds. The molecule has 0 saturated carbocycles. The standard InChI is InChI=1S/C8H17N3O2/c1-2-6(8(10)13)11-7(12)4-3-5-9/h6H,2-5,9H2,1H3,(H2,10,13)(H,11,12). The van der Waals surface area contributed by atoms with Crippen LogP contribution in [0.3, 0.4) is 0 Å². The number of primary amides is 1. The van der Waals surface area contributed by atoms with Crippen molar-refractivity contribution in [2.75, 3.05) is 6.54 Å². The van der Waals surface area contributed by atoms with Gasteiger partial charge in [0.2, 0.25) is 11.8 Å². The van der Waals surface area contributed by atoms with E-state index in [9.17, 15) is 9.59 Å². The average molecular weight is 187 g/mol. The molecule has 5 N–H and O–H groups in total. The number of rotatable bonds is 6. The first-order chi connectivity index (χ1) is 6.11. The van der Waals surface area contributed by atoms with Gasteiger partial charge in [-0.3, -0.25) is 9.59 Å². The predicted octanol–water partition coefficient (Wildman–Crippen LogP) is -0.895. The van der Waals surface area contributed by atoms with E-state index in [0.717, 1.165) is 0 Å². The van der Waals surface area contributed by atoms with E-state index in [4.69, 9.17) is 11.5 Å². The van der Waals surface area contributed by atoms with Gasteiger partial charge in [-0.05, 0) is 19.4 Å². The van der Waals surface area contributed by atoms with E-state index in [0.29, 0.717) is 25.8 Å². The van der Waals surface area contributed by atoms with Crippen LogP contribution in [0.15, 0.2) is 0 Å². The third kappa shape index (κ3) is 5.19. The van der Waals surface area contributed by atoms with Crippen LogP contribution in [-0.4, -0.2) is 24.4 Å². The van der Waals surface area contributed by atoms with E-state index < -0.39 is 11.9 Å². The van der Waals surface area contributed by atoms with Gasteiger partial charge in [0.25, 0.3) is 0 Å². The predicted molar refractivity (Wildman–Crippen MR) is 49.7 cm³/mol. The van der Waals surface area contributed by atoms with E-state index in [1.807, 2.05) is 0 Å². The summed E-state index contributed by atoms with van der Waals surface area (Å²) in [4.78, 5) is 21.8. The highest BCUT2D eigenvalue weighted by molar-refractivity contribution is 5.86. The van der Waals surface area contributed by atoms with Gasteiger partial charge < -0.3 is 16.8 Å². The van der Waals surface area contributed by atoms with Gasteiger partial charge in [0.15, 0.2) is 0 Å². The molecule has 13 heavy (non-hydrogen) atoms. The summed E-state index contributed by atoms with van der Waals surface area (Å²) < 4.78 is 0. The summed E-state index contributed by atoms with van der Waals surface area (Å²) in [6.45, 7) is 2.26. The molecule has 0 radical (unpaired) electrons. The Balaban J connectivity index is 3.80. The summed E-state index contributed by atoms with van der Waals surface area (Å²) in [5, 5.41) is 2.53. The topological polar surface area (TPSA) is 98.2 Å². The van der Waals surface area contributed by atoms with Gasteiger partial charge in [-0.1, -0.05) is 6.92 Å². The summed E-state index contributed by atoms with van der Waals surface area (Å²) in [5.41, 5.74) is 10.3. The Morgan fingerprint density at radius 1 is 1.46 bits per heavy atom. The average Bonchev–Trinajstić information content (AvgIpc) is 2.10. The molecule has 0 aliphatic heterocycles. The normalized spacial score (nSPS) is 12.2. The van der Waals surface area contributed by atoms with E-state index >= 15 is 0 Å². The fraction of sp³-hybridized carbons (Fsp3) is 0.750. The molecule has 0 bridgehead atoms. The maximum atomic E-state index is 11.1. The van der Waals surface area contributed by atoms with Gasteiger partial charge in [-0.2, -0.15) is 0 Å². The third-order valence-electron chi connectivity index (χ3n) is 1.69. The molecule has 1 unspecified atom stereocenters. The molecule has 0 aromatic carbocycles. The number of carbonyl (C=O) groups excluding carboxylic acids is 2. The largest absolute Gasteiger partial charge is 0.368 e. The van der Waals surface area contributed by atoms with Crippen LogP contribution >= 0.6 is 0 Å². The highest BCUT2D eigenvalue weighted by Gasteiger charge is 2.14. The number of carbonyl (C=O) groups is 2. The van der Waals surface area contributed by atoms with Crippen molar-refractivity contribution >= 4 is 11.8 Å². The van der Waals surface area contributed by atoms with Crippen molar-refractivity contribution < 1.29 is 9.59 Å². The zero-order chi connectivity index (χ0) is 10.3. The number of amides is 2. The van der Waals surface area contributed by atoms with Crippen molar-refractivity contribution in [3.63, 3.8) is 0 Å². The number of nitrogens with two attached hydrogens (primary N) is 2. The molecule has 0 aliphatic carbocycles. The molecule has 0 aliphatic rings. The van der Waals surface area contributed by atoms with E-state index in [2.05, 4.69) is 5.32 Å². The highest BCUT2D eigenvalue weighted by atomic mass is 16.2. The van der Waals surface area contributed by atoms with Crippen LogP contribution in [0.25, 0.3) is 0 Å². The quantitative estimate of drug-likeness (QED) is 0.503. The lowest BCUT2D eigenvalue weighted by Gasteiger charge is -2.12. The SMILES string of the molecule is CCC(NC(=O)CCCN)C(N)=O. The summed E-state index contributed by atoms with van der Waals surface area (Å²) in [5.74, 6) is -0.667. The van der Waals surface area contributed by atoms with Gasteiger partial charge in [0.05, 0.1) is 0 Å². The molecule has 0 aromatic rings. The van der Waals surface area contributed by atoms with Crippen LogP contribution in [0.5, 0.6) is 0 Å². The monoisotopic (exact) mass is 187 g/mol. The summed E-state index contributed by atoms with van der Waals surface area (Å²) in [6, 6.07) is -0.551. The molecule has 0 spiro atoms.